The normalized spacial score (nSPS) is 15.5. The summed E-state index contributed by atoms with van der Waals surface area (Å²) in [6.45, 7) is -0.591. The summed E-state index contributed by atoms with van der Waals surface area (Å²) in [5.74, 6) is 0.102. The smallest absolute Gasteiger partial charge is 0.393 e. The van der Waals surface area contributed by atoms with Crippen molar-refractivity contribution >= 4 is 28.4 Å². The first-order valence-electron chi connectivity index (χ1n) is 9.24. The van der Waals surface area contributed by atoms with E-state index in [1.54, 1.807) is 6.07 Å². The van der Waals surface area contributed by atoms with Crippen LogP contribution in [0.5, 0.6) is 0 Å². The van der Waals surface area contributed by atoms with E-state index in [4.69, 9.17) is 0 Å². The van der Waals surface area contributed by atoms with Gasteiger partial charge in [0.2, 0.25) is 0 Å². The summed E-state index contributed by atoms with van der Waals surface area (Å²) >= 11 is 0. The molecule has 3 aromatic heterocycles. The molecule has 0 saturated carbocycles. The van der Waals surface area contributed by atoms with Gasteiger partial charge in [0.25, 0.3) is 5.91 Å². The van der Waals surface area contributed by atoms with Gasteiger partial charge in [0.1, 0.15) is 24.4 Å². The zero-order valence-corrected chi connectivity index (χ0v) is 15.7. The number of aromatic nitrogens is 5. The van der Waals surface area contributed by atoms with Crippen LogP contribution in [0.2, 0.25) is 0 Å². The predicted octanol–water partition coefficient (Wildman–Crippen LogP) is 2.12. The third-order valence-corrected chi connectivity index (χ3v) is 4.76. The van der Waals surface area contributed by atoms with Crippen molar-refractivity contribution in [1.82, 2.24) is 29.6 Å². The van der Waals surface area contributed by atoms with E-state index < -0.39 is 24.7 Å². The van der Waals surface area contributed by atoms with Gasteiger partial charge in [-0.25, -0.2) is 9.97 Å². The Kier molecular flexibility index (Phi) is 5.24. The van der Waals surface area contributed by atoms with E-state index in [9.17, 15) is 23.1 Å². The summed E-state index contributed by atoms with van der Waals surface area (Å²) < 4.78 is 40.0. The topological polar surface area (TPSA) is 109 Å². The summed E-state index contributed by atoms with van der Waals surface area (Å²) in [6, 6.07) is 2.86. The summed E-state index contributed by atoms with van der Waals surface area (Å²) in [7, 11) is 0. The van der Waals surface area contributed by atoms with Crippen LogP contribution in [0.15, 0.2) is 30.9 Å². The third-order valence-electron chi connectivity index (χ3n) is 4.76. The summed E-state index contributed by atoms with van der Waals surface area (Å²) in [5, 5.41) is 16.8. The zero-order chi connectivity index (χ0) is 21.3. The molecule has 0 aliphatic carbocycles. The van der Waals surface area contributed by atoms with E-state index in [1.807, 2.05) is 0 Å². The van der Waals surface area contributed by atoms with Gasteiger partial charge in [0, 0.05) is 25.5 Å². The molecule has 0 unspecified atom stereocenters. The van der Waals surface area contributed by atoms with E-state index in [0.29, 0.717) is 37.1 Å². The van der Waals surface area contributed by atoms with Gasteiger partial charge in [0.15, 0.2) is 5.82 Å². The van der Waals surface area contributed by atoms with Gasteiger partial charge in [-0.05, 0) is 25.0 Å². The van der Waals surface area contributed by atoms with Gasteiger partial charge in [-0.3, -0.25) is 14.5 Å². The maximum Gasteiger partial charge on any atom is 0.408 e. The fraction of sp³-hybridized carbons (Fsp3) is 0.389. The lowest BCUT2D eigenvalue weighted by Gasteiger charge is -2.29. The molecule has 3 aromatic rings. The van der Waals surface area contributed by atoms with Crippen LogP contribution >= 0.6 is 0 Å². The second-order valence-electron chi connectivity index (χ2n) is 6.95. The second-order valence-corrected chi connectivity index (χ2v) is 6.95. The number of piperidine rings is 1. The summed E-state index contributed by atoms with van der Waals surface area (Å²) in [5.41, 5.74) is 0.148. The lowest BCUT2D eigenvalue weighted by atomic mass is 10.1. The Morgan fingerprint density at radius 1 is 1.27 bits per heavy atom. The Morgan fingerprint density at radius 3 is 2.70 bits per heavy atom. The van der Waals surface area contributed by atoms with Gasteiger partial charge < -0.3 is 15.3 Å². The quantitative estimate of drug-likeness (QED) is 0.664. The average molecular weight is 421 g/mol. The molecule has 1 aliphatic rings. The number of aliphatic hydroxyl groups is 1. The fourth-order valence-electron chi connectivity index (χ4n) is 3.29. The molecule has 158 valence electrons. The van der Waals surface area contributed by atoms with Crippen molar-refractivity contribution in [2.24, 2.45) is 0 Å². The highest BCUT2D eigenvalue weighted by Crippen LogP contribution is 2.28. The first kappa shape index (κ1) is 20.0. The molecule has 12 heteroatoms. The van der Waals surface area contributed by atoms with Crippen LogP contribution in [0.1, 0.15) is 23.3 Å². The lowest BCUT2D eigenvalue weighted by molar-refractivity contribution is -0.141. The Bertz CT molecular complexity index is 1050. The number of likely N-dealkylation sites (tertiary alicyclic amines) is 1. The van der Waals surface area contributed by atoms with E-state index in [-0.39, 0.29) is 17.0 Å². The monoisotopic (exact) mass is 421 g/mol. The fourth-order valence-corrected chi connectivity index (χ4v) is 3.29. The molecule has 30 heavy (non-hydrogen) atoms. The molecule has 1 saturated heterocycles. The Hall–Kier alpha value is -3.28. The number of anilines is 2. The third kappa shape index (κ3) is 4.32. The number of alkyl halides is 3. The maximum atomic E-state index is 13.1. The number of fused-ring (bicyclic) bond motifs is 1. The molecule has 0 atom stereocenters. The number of nitrogens with one attached hydrogen (secondary N) is 1. The SMILES string of the molecule is O=C(c1cc2c(cn1)c(Nc1ccncn1)nn2CC(F)(F)F)N1CCC(O)CC1. The predicted molar refractivity (Wildman–Crippen MR) is 100 cm³/mol. The number of halogens is 3. The van der Waals surface area contributed by atoms with Crippen molar-refractivity contribution in [2.75, 3.05) is 18.4 Å². The van der Waals surface area contributed by atoms with Gasteiger partial charge in [-0.1, -0.05) is 0 Å². The molecule has 9 nitrogen and oxygen atoms in total. The minimum absolute atomic E-state index is 0.0239. The van der Waals surface area contributed by atoms with Crippen LogP contribution < -0.4 is 5.32 Å². The highest BCUT2D eigenvalue weighted by molar-refractivity contribution is 5.98. The van der Waals surface area contributed by atoms with E-state index >= 15 is 0 Å². The maximum absolute atomic E-state index is 13.1. The number of amides is 1. The minimum Gasteiger partial charge on any atom is -0.393 e. The van der Waals surface area contributed by atoms with E-state index in [1.165, 1.54) is 29.7 Å². The molecule has 0 radical (unpaired) electrons. The highest BCUT2D eigenvalue weighted by atomic mass is 19.4. The molecule has 1 aliphatic heterocycles. The molecule has 4 heterocycles. The number of pyridine rings is 1. The molecular formula is C18H18F3N7O2. The second kappa shape index (κ2) is 7.86. The molecule has 2 N–H and O–H groups in total. The van der Waals surface area contributed by atoms with Crippen molar-refractivity contribution in [2.45, 2.75) is 31.7 Å². The number of nitrogens with zero attached hydrogens (tertiary/aromatic N) is 6. The number of carbonyl (C=O) groups excluding carboxylic acids is 1. The molecule has 0 bridgehead atoms. The first-order valence-corrected chi connectivity index (χ1v) is 9.24. The van der Waals surface area contributed by atoms with E-state index in [0.717, 1.165) is 4.68 Å². The molecule has 0 aromatic carbocycles. The summed E-state index contributed by atoms with van der Waals surface area (Å²) in [4.78, 5) is 26.2. The van der Waals surface area contributed by atoms with Crippen LogP contribution in [0.4, 0.5) is 24.8 Å². The Morgan fingerprint density at radius 2 is 2.03 bits per heavy atom. The lowest BCUT2D eigenvalue weighted by Crippen LogP contribution is -2.40. The number of aliphatic hydroxyl groups excluding tert-OH is 1. The van der Waals surface area contributed by atoms with Gasteiger partial charge in [-0.2, -0.15) is 18.3 Å². The van der Waals surface area contributed by atoms with Gasteiger partial charge >= 0.3 is 6.18 Å². The number of hydrogen-bond donors (Lipinski definition) is 2. The van der Waals surface area contributed by atoms with Crippen molar-refractivity contribution < 1.29 is 23.1 Å². The zero-order valence-electron chi connectivity index (χ0n) is 15.7. The average Bonchev–Trinajstić information content (AvgIpc) is 3.03. The number of rotatable bonds is 4. The molecule has 1 fully saturated rings. The standard InChI is InChI=1S/C18H18F3N7O2/c19-18(20,21)9-28-14-7-13(17(30)27-5-2-11(29)3-6-27)23-8-12(14)16(26-28)25-15-1-4-22-10-24-15/h1,4,7-8,10-11,29H,2-3,5-6,9H2,(H,22,24,25,26). The van der Waals surface area contributed by atoms with Gasteiger partial charge in [0.05, 0.1) is 17.0 Å². The molecule has 0 spiro atoms. The van der Waals surface area contributed by atoms with Crippen LogP contribution in [-0.2, 0) is 6.54 Å². The van der Waals surface area contributed by atoms with Crippen LogP contribution in [0, 0.1) is 0 Å². The highest BCUT2D eigenvalue weighted by Gasteiger charge is 2.31. The molecule has 4 rings (SSSR count). The van der Waals surface area contributed by atoms with Crippen LogP contribution in [0.3, 0.4) is 0 Å². The minimum atomic E-state index is -4.50. The van der Waals surface area contributed by atoms with Crippen LogP contribution in [0.25, 0.3) is 10.9 Å². The van der Waals surface area contributed by atoms with Crippen molar-refractivity contribution in [3.8, 4) is 0 Å². The first-order chi connectivity index (χ1) is 14.3. The summed E-state index contributed by atoms with van der Waals surface area (Å²) in [6.07, 6.45) is 0.0521. The number of carbonyl (C=O) groups is 1. The molecule has 1 amide bonds. The van der Waals surface area contributed by atoms with Crippen molar-refractivity contribution in [3.63, 3.8) is 0 Å². The van der Waals surface area contributed by atoms with E-state index in [2.05, 4.69) is 25.4 Å². The largest absolute Gasteiger partial charge is 0.408 e. The number of hydrogen-bond acceptors (Lipinski definition) is 7. The van der Waals surface area contributed by atoms with Gasteiger partial charge in [-0.15, -0.1) is 0 Å². The molecular weight excluding hydrogens is 403 g/mol. The van der Waals surface area contributed by atoms with Crippen LogP contribution in [-0.4, -0.2) is 66.0 Å². The van der Waals surface area contributed by atoms with Crippen molar-refractivity contribution in [1.29, 1.82) is 0 Å². The Labute approximate surface area is 168 Å². The Balaban J connectivity index is 1.70. The van der Waals surface area contributed by atoms with Crippen molar-refractivity contribution in [3.05, 3.63) is 36.5 Å².